The summed E-state index contributed by atoms with van der Waals surface area (Å²) in [4.78, 5) is 25.1. The lowest BCUT2D eigenvalue weighted by Gasteiger charge is -2.13. The van der Waals surface area contributed by atoms with E-state index in [1.54, 1.807) is 6.08 Å². The first-order valence-corrected chi connectivity index (χ1v) is 25.0. The molecule has 0 aliphatic heterocycles. The van der Waals surface area contributed by atoms with Gasteiger partial charge in [-0.3, -0.25) is 0 Å². The maximum absolute atomic E-state index is 11.6. The van der Waals surface area contributed by atoms with Crippen LogP contribution in [-0.2, 0) is 9.53 Å². The minimum Gasteiger partial charge on any atom is -0.447 e. The number of hydrogen-bond acceptors (Lipinski definition) is 5. The van der Waals surface area contributed by atoms with E-state index in [1.807, 2.05) is 13.8 Å². The third kappa shape index (κ3) is 69.2. The number of aliphatic imine (C=N–C) groups is 1. The second-order valence-electron chi connectivity index (χ2n) is 16.9. The molecule has 0 aromatic carbocycles. The summed E-state index contributed by atoms with van der Waals surface area (Å²) in [5.74, 6) is 0. The SMILES string of the molecule is C.C.CCCCC(C)O.CCCCCCCCCCCCCCCCCCN=C=O.CCCCCCCCCCCCCCCCCCNC(=O)OC(C)CCCC. The second kappa shape index (κ2) is 62.3. The Bertz CT molecular complexity index is 756. The third-order valence-corrected chi connectivity index (χ3v) is 10.7. The first kappa shape index (κ1) is 65.7. The highest BCUT2D eigenvalue weighted by atomic mass is 16.6. The molecule has 0 aromatic rings. The van der Waals surface area contributed by atoms with Crippen LogP contribution in [0, 0.1) is 0 Å². The highest BCUT2D eigenvalue weighted by Crippen LogP contribution is 2.15. The average Bonchev–Trinajstić information content (AvgIpc) is 3.19. The molecular weight excluding hydrogens is 717 g/mol. The van der Waals surface area contributed by atoms with E-state index in [1.165, 1.54) is 199 Å². The summed E-state index contributed by atoms with van der Waals surface area (Å²) >= 11 is 0. The van der Waals surface area contributed by atoms with Crippen molar-refractivity contribution in [2.45, 2.75) is 313 Å². The van der Waals surface area contributed by atoms with E-state index in [0.717, 1.165) is 51.5 Å². The topological polar surface area (TPSA) is 88.0 Å². The number of nitrogens with one attached hydrogen (secondary N) is 1. The summed E-state index contributed by atoms with van der Waals surface area (Å²) in [5, 5.41) is 11.6. The van der Waals surface area contributed by atoms with Crippen LogP contribution in [0.2, 0.25) is 0 Å². The van der Waals surface area contributed by atoms with E-state index in [0.29, 0.717) is 6.54 Å². The van der Waals surface area contributed by atoms with Crippen LogP contribution in [0.4, 0.5) is 4.79 Å². The quantitative estimate of drug-likeness (QED) is 0.0365. The molecule has 2 unspecified atom stereocenters. The molecule has 0 radical (unpaired) electrons. The standard InChI is InChI=1S/C25H51NO2.C19H37NO.C6H14O.2CH4/c1-4-6-8-9-10-11-12-13-14-15-16-17-18-19-20-21-23-26-25(27)28-24(3)22-7-5-2;1-2-3-4-5-6-7-8-9-10-11-12-13-14-15-16-17-18-20-19-21;1-3-4-5-6(2)7;;/h24H,4-23H2,1-3H3,(H,26,27);2-18H2,1H3;6-7H,3-5H2,1-2H3;2*1H4. The van der Waals surface area contributed by atoms with Gasteiger partial charge in [-0.1, -0.05) is 261 Å². The Morgan fingerprint density at radius 2 is 0.776 bits per heavy atom. The average molecular weight is 827 g/mol. The Morgan fingerprint density at radius 1 is 0.483 bits per heavy atom. The number of aliphatic hydroxyl groups is 1. The maximum atomic E-state index is 11.6. The van der Waals surface area contributed by atoms with Gasteiger partial charge in [-0.05, 0) is 39.5 Å². The number of alkyl carbamates (subject to hydrolysis) is 1. The summed E-state index contributed by atoms with van der Waals surface area (Å²) in [5.41, 5.74) is 0. The highest BCUT2D eigenvalue weighted by molar-refractivity contribution is 5.67. The van der Waals surface area contributed by atoms with Gasteiger partial charge in [0.2, 0.25) is 6.08 Å². The van der Waals surface area contributed by atoms with Gasteiger partial charge in [0.15, 0.2) is 0 Å². The molecule has 0 rings (SSSR count). The van der Waals surface area contributed by atoms with Crippen LogP contribution < -0.4 is 5.32 Å². The molecule has 352 valence electrons. The number of isocyanates is 1. The smallest absolute Gasteiger partial charge is 0.407 e. The van der Waals surface area contributed by atoms with Crippen molar-refractivity contribution in [3.63, 3.8) is 0 Å². The molecular formula is C52H110N2O4. The number of carbonyl (C=O) groups excluding carboxylic acids is 2. The molecule has 1 amide bonds. The van der Waals surface area contributed by atoms with Gasteiger partial charge in [-0.2, -0.15) is 0 Å². The Morgan fingerprint density at radius 3 is 1.07 bits per heavy atom. The zero-order valence-electron chi connectivity index (χ0n) is 39.1. The molecule has 2 atom stereocenters. The molecule has 0 saturated carbocycles. The lowest BCUT2D eigenvalue weighted by Crippen LogP contribution is -2.28. The van der Waals surface area contributed by atoms with Crippen molar-refractivity contribution in [2.24, 2.45) is 4.99 Å². The van der Waals surface area contributed by atoms with Crippen LogP contribution >= 0.6 is 0 Å². The largest absolute Gasteiger partial charge is 0.447 e. The minimum atomic E-state index is -0.246. The van der Waals surface area contributed by atoms with E-state index in [-0.39, 0.29) is 33.2 Å². The first-order chi connectivity index (χ1) is 27.4. The van der Waals surface area contributed by atoms with Gasteiger partial charge in [0.25, 0.3) is 0 Å². The normalized spacial score (nSPS) is 11.4. The lowest BCUT2D eigenvalue weighted by atomic mass is 10.0. The number of amides is 1. The van der Waals surface area contributed by atoms with E-state index in [2.05, 4.69) is 38.0 Å². The van der Waals surface area contributed by atoms with Gasteiger partial charge in [-0.15, -0.1) is 0 Å². The van der Waals surface area contributed by atoms with Crippen molar-refractivity contribution in [2.75, 3.05) is 13.1 Å². The monoisotopic (exact) mass is 827 g/mol. The van der Waals surface area contributed by atoms with Crippen LogP contribution in [0.3, 0.4) is 0 Å². The number of ether oxygens (including phenoxy) is 1. The molecule has 0 aliphatic rings. The fourth-order valence-corrected chi connectivity index (χ4v) is 6.92. The van der Waals surface area contributed by atoms with Crippen LogP contribution in [0.15, 0.2) is 4.99 Å². The fraction of sp³-hybridized carbons (Fsp3) is 0.962. The fourth-order valence-electron chi connectivity index (χ4n) is 6.92. The molecule has 6 nitrogen and oxygen atoms in total. The molecule has 0 bridgehead atoms. The van der Waals surface area contributed by atoms with Gasteiger partial charge in [0, 0.05) is 6.54 Å². The van der Waals surface area contributed by atoms with Crippen molar-refractivity contribution in [1.29, 1.82) is 0 Å². The van der Waals surface area contributed by atoms with Crippen LogP contribution in [-0.4, -0.2) is 42.6 Å². The van der Waals surface area contributed by atoms with E-state index < -0.39 is 0 Å². The van der Waals surface area contributed by atoms with Gasteiger partial charge in [0.05, 0.1) is 12.6 Å². The Hall–Kier alpha value is -1.39. The van der Waals surface area contributed by atoms with Crippen molar-refractivity contribution in [1.82, 2.24) is 5.32 Å². The van der Waals surface area contributed by atoms with Crippen molar-refractivity contribution >= 4 is 12.2 Å². The number of nitrogens with zero attached hydrogens (tertiary/aromatic N) is 1. The maximum Gasteiger partial charge on any atom is 0.407 e. The molecule has 58 heavy (non-hydrogen) atoms. The highest BCUT2D eigenvalue weighted by Gasteiger charge is 2.07. The van der Waals surface area contributed by atoms with Crippen LogP contribution in [0.5, 0.6) is 0 Å². The number of hydrogen-bond donors (Lipinski definition) is 2. The number of carbonyl (C=O) groups is 1. The molecule has 0 saturated heterocycles. The van der Waals surface area contributed by atoms with Crippen molar-refractivity contribution in [3.05, 3.63) is 0 Å². The predicted octanol–water partition coefficient (Wildman–Crippen LogP) is 18.0. The van der Waals surface area contributed by atoms with Gasteiger partial charge in [-0.25, -0.2) is 14.6 Å². The molecule has 2 N–H and O–H groups in total. The summed E-state index contributed by atoms with van der Waals surface area (Å²) in [6.45, 7) is 14.1. The molecule has 0 heterocycles. The molecule has 6 heteroatoms. The third-order valence-electron chi connectivity index (χ3n) is 10.7. The Labute approximate surface area is 366 Å². The van der Waals surface area contributed by atoms with Gasteiger partial charge in [0.1, 0.15) is 6.10 Å². The summed E-state index contributed by atoms with van der Waals surface area (Å²) in [7, 11) is 0. The predicted molar refractivity (Wildman–Crippen MR) is 260 cm³/mol. The van der Waals surface area contributed by atoms with Gasteiger partial charge < -0.3 is 15.2 Å². The number of rotatable bonds is 41. The van der Waals surface area contributed by atoms with Gasteiger partial charge >= 0.3 is 6.09 Å². The molecule has 0 spiro atoms. The molecule has 0 fully saturated rings. The van der Waals surface area contributed by atoms with E-state index in [9.17, 15) is 9.59 Å². The van der Waals surface area contributed by atoms with Crippen molar-refractivity contribution in [3.8, 4) is 0 Å². The lowest BCUT2D eigenvalue weighted by molar-refractivity contribution is 0.101. The Balaban J connectivity index is -0.000000275. The summed E-state index contributed by atoms with van der Waals surface area (Å²) in [6.07, 6.45) is 51.8. The van der Waals surface area contributed by atoms with E-state index >= 15 is 0 Å². The number of aliphatic hydroxyl groups excluding tert-OH is 1. The molecule has 0 aromatic heterocycles. The van der Waals surface area contributed by atoms with E-state index in [4.69, 9.17) is 9.84 Å². The number of unbranched alkanes of at least 4 members (excludes halogenated alkanes) is 32. The van der Waals surface area contributed by atoms with Crippen LogP contribution in [0.25, 0.3) is 0 Å². The second-order valence-corrected chi connectivity index (χ2v) is 16.9. The molecule has 0 aliphatic carbocycles. The van der Waals surface area contributed by atoms with Crippen LogP contribution in [0.1, 0.15) is 300 Å². The zero-order chi connectivity index (χ0) is 41.8. The zero-order valence-corrected chi connectivity index (χ0v) is 39.1. The summed E-state index contributed by atoms with van der Waals surface area (Å²) < 4.78 is 5.33. The first-order valence-electron chi connectivity index (χ1n) is 25.0. The minimum absolute atomic E-state index is 0. The summed E-state index contributed by atoms with van der Waals surface area (Å²) in [6, 6.07) is 0. The Kier molecular flexibility index (Phi) is 70.6. The van der Waals surface area contributed by atoms with Crippen molar-refractivity contribution < 1.29 is 19.4 Å².